The number of carbonyl (C=O) groups is 1. The van der Waals surface area contributed by atoms with Crippen LogP contribution in [0.25, 0.3) is 0 Å². The van der Waals surface area contributed by atoms with Gasteiger partial charge in [0.15, 0.2) is 0 Å². The summed E-state index contributed by atoms with van der Waals surface area (Å²) in [5.41, 5.74) is 0. The molecule has 0 aromatic rings. The topological polar surface area (TPSA) is 29.5 Å². The van der Waals surface area contributed by atoms with Crippen LogP contribution in [0.4, 0.5) is 13.2 Å². The quantitative estimate of drug-likeness (QED) is 0.744. The molecule has 1 heterocycles. The van der Waals surface area contributed by atoms with Crippen LogP contribution in [-0.2, 0) is 9.53 Å². The van der Waals surface area contributed by atoms with Crippen LogP contribution < -0.4 is 0 Å². The zero-order chi connectivity index (χ0) is 13.1. The predicted molar refractivity (Wildman–Crippen MR) is 60.0 cm³/mol. The molecule has 1 rings (SSSR count). The van der Waals surface area contributed by atoms with Gasteiger partial charge in [-0.25, -0.2) is 0 Å². The smallest absolute Gasteiger partial charge is 0.378 e. The van der Waals surface area contributed by atoms with Crippen LogP contribution in [0.15, 0.2) is 0 Å². The highest BCUT2D eigenvalue weighted by Crippen LogP contribution is 2.24. The van der Waals surface area contributed by atoms with Crippen LogP contribution in [0.5, 0.6) is 0 Å². The largest absolute Gasteiger partial charge is 0.406 e. The summed E-state index contributed by atoms with van der Waals surface area (Å²) in [5.74, 6) is -0.905. The first-order valence-electron chi connectivity index (χ1n) is 5.36. The maximum absolute atomic E-state index is 12.3. The first-order chi connectivity index (χ1) is 7.83. The summed E-state index contributed by atoms with van der Waals surface area (Å²) in [5, 5.41) is 0.331. The minimum absolute atomic E-state index is 0.0549. The molecular formula is C10H15BrF3NO2. The van der Waals surface area contributed by atoms with E-state index in [0.717, 1.165) is 4.90 Å². The molecule has 0 spiro atoms. The molecular weight excluding hydrogens is 303 g/mol. The van der Waals surface area contributed by atoms with E-state index in [-0.39, 0.29) is 19.3 Å². The summed E-state index contributed by atoms with van der Waals surface area (Å²) in [6.07, 6.45) is -3.92. The molecule has 0 aromatic carbocycles. The molecule has 2 unspecified atom stereocenters. The highest BCUT2D eigenvalue weighted by Gasteiger charge is 2.37. The highest BCUT2D eigenvalue weighted by atomic mass is 79.9. The Bertz CT molecular complexity index is 273. The fraction of sp³-hybridized carbons (Fsp3) is 0.900. The van der Waals surface area contributed by atoms with Crippen LogP contribution in [-0.4, -0.2) is 48.1 Å². The number of rotatable bonds is 4. The van der Waals surface area contributed by atoms with Gasteiger partial charge in [0, 0.05) is 11.9 Å². The monoisotopic (exact) mass is 317 g/mol. The second kappa shape index (κ2) is 6.04. The van der Waals surface area contributed by atoms with Gasteiger partial charge < -0.3 is 9.64 Å². The Morgan fingerprint density at radius 1 is 1.53 bits per heavy atom. The Balaban J connectivity index is 2.60. The van der Waals surface area contributed by atoms with Crippen molar-refractivity contribution in [3.8, 4) is 0 Å². The average molecular weight is 318 g/mol. The minimum atomic E-state index is -4.36. The minimum Gasteiger partial charge on any atom is -0.378 e. The molecule has 0 aliphatic carbocycles. The number of halogens is 4. The van der Waals surface area contributed by atoms with Gasteiger partial charge in [-0.05, 0) is 13.3 Å². The number of ether oxygens (including phenoxy) is 1. The van der Waals surface area contributed by atoms with Gasteiger partial charge in [-0.15, -0.1) is 0 Å². The van der Waals surface area contributed by atoms with Crippen molar-refractivity contribution in [3.63, 3.8) is 0 Å². The fourth-order valence-corrected chi connectivity index (χ4v) is 2.26. The summed E-state index contributed by atoms with van der Waals surface area (Å²) in [4.78, 5) is 12.7. The van der Waals surface area contributed by atoms with E-state index >= 15 is 0 Å². The van der Waals surface area contributed by atoms with Crippen LogP contribution in [0.1, 0.15) is 13.3 Å². The lowest BCUT2D eigenvalue weighted by molar-refractivity contribution is -0.163. The second-order valence-electron chi connectivity index (χ2n) is 4.14. The van der Waals surface area contributed by atoms with Crippen molar-refractivity contribution in [1.29, 1.82) is 0 Å². The second-order valence-corrected chi connectivity index (χ2v) is 4.93. The van der Waals surface area contributed by atoms with Crippen molar-refractivity contribution in [2.75, 3.05) is 25.0 Å². The maximum atomic E-state index is 12.3. The molecule has 0 radical (unpaired) electrons. The molecule has 1 saturated heterocycles. The lowest BCUT2D eigenvalue weighted by Crippen LogP contribution is -2.43. The van der Waals surface area contributed by atoms with Gasteiger partial charge in [0.2, 0.25) is 5.91 Å². The zero-order valence-electron chi connectivity index (χ0n) is 9.47. The van der Waals surface area contributed by atoms with Crippen LogP contribution in [0.2, 0.25) is 0 Å². The highest BCUT2D eigenvalue weighted by molar-refractivity contribution is 9.09. The lowest BCUT2D eigenvalue weighted by atomic mass is 10.0. The first kappa shape index (κ1) is 14.8. The number of hydrogen-bond donors (Lipinski definition) is 0. The Morgan fingerprint density at radius 3 is 2.59 bits per heavy atom. The zero-order valence-corrected chi connectivity index (χ0v) is 11.1. The normalized spacial score (nSPS) is 25.0. The van der Waals surface area contributed by atoms with Gasteiger partial charge in [0.05, 0.1) is 18.6 Å². The molecule has 17 heavy (non-hydrogen) atoms. The SMILES string of the molecule is CC1CC(C(=O)N(CCBr)CC(F)(F)F)CO1. The molecule has 1 amide bonds. The van der Waals surface area contributed by atoms with Crippen LogP contribution >= 0.6 is 15.9 Å². The van der Waals surface area contributed by atoms with E-state index in [2.05, 4.69) is 15.9 Å². The molecule has 2 atom stereocenters. The van der Waals surface area contributed by atoms with Gasteiger partial charge in [-0.1, -0.05) is 15.9 Å². The van der Waals surface area contributed by atoms with E-state index < -0.39 is 24.5 Å². The van der Waals surface area contributed by atoms with Gasteiger partial charge in [0.25, 0.3) is 0 Å². The van der Waals surface area contributed by atoms with E-state index in [9.17, 15) is 18.0 Å². The van der Waals surface area contributed by atoms with Crippen molar-refractivity contribution in [2.45, 2.75) is 25.6 Å². The molecule has 100 valence electrons. The molecule has 1 fully saturated rings. The standard InChI is InChI=1S/C10H15BrF3NO2/c1-7-4-8(5-17-7)9(16)15(3-2-11)6-10(12,13)14/h7-8H,2-6H2,1H3. The third kappa shape index (κ3) is 4.83. The summed E-state index contributed by atoms with van der Waals surface area (Å²) < 4.78 is 42.1. The van der Waals surface area contributed by atoms with Gasteiger partial charge in [-0.2, -0.15) is 13.2 Å². The van der Waals surface area contributed by atoms with Crippen molar-refractivity contribution in [3.05, 3.63) is 0 Å². The average Bonchev–Trinajstić information content (AvgIpc) is 2.61. The van der Waals surface area contributed by atoms with Crippen molar-refractivity contribution in [1.82, 2.24) is 4.90 Å². The Labute approximate surface area is 106 Å². The molecule has 3 nitrogen and oxygen atoms in total. The van der Waals surface area contributed by atoms with Crippen molar-refractivity contribution < 1.29 is 22.7 Å². The number of alkyl halides is 4. The molecule has 0 saturated carbocycles. The summed E-state index contributed by atoms with van der Waals surface area (Å²) in [6.45, 7) is 0.897. The Kier molecular flexibility index (Phi) is 5.24. The van der Waals surface area contributed by atoms with Crippen LogP contribution in [0.3, 0.4) is 0 Å². The van der Waals surface area contributed by atoms with Crippen LogP contribution in [0, 0.1) is 5.92 Å². The lowest BCUT2D eigenvalue weighted by Gasteiger charge is -2.25. The first-order valence-corrected chi connectivity index (χ1v) is 6.48. The summed E-state index contributed by atoms with van der Waals surface area (Å²) >= 11 is 3.05. The van der Waals surface area contributed by atoms with E-state index in [4.69, 9.17) is 4.74 Å². The van der Waals surface area contributed by atoms with Gasteiger partial charge >= 0.3 is 6.18 Å². The van der Waals surface area contributed by atoms with Crippen molar-refractivity contribution >= 4 is 21.8 Å². The Hall–Kier alpha value is -0.300. The van der Waals surface area contributed by atoms with Gasteiger partial charge in [0.1, 0.15) is 6.54 Å². The third-order valence-electron chi connectivity index (χ3n) is 2.58. The predicted octanol–water partition coefficient (Wildman–Crippen LogP) is 2.20. The molecule has 1 aliphatic rings. The van der Waals surface area contributed by atoms with Gasteiger partial charge in [-0.3, -0.25) is 4.79 Å². The molecule has 0 aromatic heterocycles. The number of amides is 1. The summed E-state index contributed by atoms with van der Waals surface area (Å²) in [6, 6.07) is 0. The van der Waals surface area contributed by atoms with E-state index in [1.54, 1.807) is 0 Å². The maximum Gasteiger partial charge on any atom is 0.406 e. The summed E-state index contributed by atoms with van der Waals surface area (Å²) in [7, 11) is 0. The van der Waals surface area contributed by atoms with E-state index in [1.807, 2.05) is 6.92 Å². The molecule has 1 aliphatic heterocycles. The Morgan fingerprint density at radius 2 is 2.18 bits per heavy atom. The number of hydrogen-bond acceptors (Lipinski definition) is 2. The third-order valence-corrected chi connectivity index (χ3v) is 2.94. The fourth-order valence-electron chi connectivity index (χ4n) is 1.83. The molecule has 7 heteroatoms. The number of carbonyl (C=O) groups excluding carboxylic acids is 1. The number of nitrogens with zero attached hydrogens (tertiary/aromatic N) is 1. The van der Waals surface area contributed by atoms with E-state index in [0.29, 0.717) is 11.8 Å². The molecule has 0 bridgehead atoms. The van der Waals surface area contributed by atoms with Crippen molar-refractivity contribution in [2.24, 2.45) is 5.92 Å². The van der Waals surface area contributed by atoms with E-state index in [1.165, 1.54) is 0 Å². The molecule has 0 N–H and O–H groups in total.